The number of amidine groups is 1. The summed E-state index contributed by atoms with van der Waals surface area (Å²) in [5.74, 6) is -0.580. The van der Waals surface area contributed by atoms with E-state index in [4.69, 9.17) is 16.6 Å². The number of anilines is 1. The van der Waals surface area contributed by atoms with Crippen LogP contribution in [0.5, 0.6) is 5.75 Å². The third-order valence-electron chi connectivity index (χ3n) is 9.30. The first-order chi connectivity index (χ1) is 21.6. The van der Waals surface area contributed by atoms with Crippen molar-refractivity contribution in [3.05, 3.63) is 113 Å². The molecule has 3 aliphatic rings. The van der Waals surface area contributed by atoms with Gasteiger partial charge in [0.25, 0.3) is 11.8 Å². The number of nitrogens with zero attached hydrogens (tertiary/aromatic N) is 2. The van der Waals surface area contributed by atoms with E-state index in [0.29, 0.717) is 47.3 Å². The summed E-state index contributed by atoms with van der Waals surface area (Å²) in [6.07, 6.45) is 6.82. The molecule has 0 aromatic heterocycles. The van der Waals surface area contributed by atoms with Crippen molar-refractivity contribution in [3.63, 3.8) is 0 Å². The molecule has 0 bridgehead atoms. The molecular weight excluding hydrogens is 566 g/mol. The van der Waals surface area contributed by atoms with Gasteiger partial charge in [0.1, 0.15) is 17.9 Å². The highest BCUT2D eigenvalue weighted by molar-refractivity contribution is 6.27. The van der Waals surface area contributed by atoms with Crippen LogP contribution in [0.1, 0.15) is 69.0 Å². The van der Waals surface area contributed by atoms with Crippen LogP contribution in [0.2, 0.25) is 0 Å². The molecule has 2 heterocycles. The van der Waals surface area contributed by atoms with Crippen molar-refractivity contribution in [3.8, 4) is 5.75 Å². The summed E-state index contributed by atoms with van der Waals surface area (Å²) in [5.41, 5.74) is 10.5. The van der Waals surface area contributed by atoms with Gasteiger partial charge in [-0.3, -0.25) is 19.9 Å². The monoisotopic (exact) mass is 601 g/mol. The SMILES string of the molecule is C=CCCC(C=O)N1C(=O)c2ccc(N3CC4(CC(c5ccc(/C(=C/C(=N)c6ccccc6O)C(=N)N)cc5)C4)C3)cc2C1=O. The standard InChI is InChI=1S/C36H35N5O4/c1-2-3-6-26(19-42)41-34(44)27-14-13-25(15-30(27)35(41)45)40-20-36(21-40)17-24(18-36)22-9-11-23(12-10-22)29(33(38)39)16-31(37)28-7-4-5-8-32(28)43/h2,4-5,7-16,19,24,26,37,43H,1,3,6,17-18,20-21H2,(H3,38,39)/b29-16-,37-31?. The lowest BCUT2D eigenvalue weighted by atomic mass is 9.56. The second-order valence-corrected chi connectivity index (χ2v) is 12.3. The second-order valence-electron chi connectivity index (χ2n) is 12.3. The fraction of sp³-hybridized carbons (Fsp3) is 0.250. The number of benzene rings is 3. The van der Waals surface area contributed by atoms with Crippen LogP contribution in [0.3, 0.4) is 0 Å². The molecule has 9 heteroatoms. The lowest BCUT2D eigenvalue weighted by molar-refractivity contribution is -0.111. The molecule has 0 radical (unpaired) electrons. The van der Waals surface area contributed by atoms with E-state index in [-0.39, 0.29) is 22.7 Å². The molecular formula is C36H35N5O4. The van der Waals surface area contributed by atoms with Crippen molar-refractivity contribution >= 4 is 40.9 Å². The van der Waals surface area contributed by atoms with Crippen molar-refractivity contribution in [2.75, 3.05) is 18.0 Å². The third kappa shape index (κ3) is 5.35. The normalized spacial score (nSPS) is 17.8. The molecule has 1 saturated heterocycles. The molecule has 1 unspecified atom stereocenters. The Kier molecular flexibility index (Phi) is 7.70. The van der Waals surface area contributed by atoms with Crippen molar-refractivity contribution in [1.82, 2.24) is 4.90 Å². The van der Waals surface area contributed by atoms with Crippen molar-refractivity contribution in [2.24, 2.45) is 11.1 Å². The number of carbonyl (C=O) groups is 3. The number of rotatable bonds is 11. The van der Waals surface area contributed by atoms with Gasteiger partial charge in [0.15, 0.2) is 0 Å². The number of para-hydroxylation sites is 1. The first kappa shape index (κ1) is 29.7. The Labute approximate surface area is 261 Å². The van der Waals surface area contributed by atoms with E-state index in [2.05, 4.69) is 23.6 Å². The number of aldehydes is 1. The smallest absolute Gasteiger partial charge is 0.262 e. The van der Waals surface area contributed by atoms with Gasteiger partial charge >= 0.3 is 0 Å². The molecule has 2 aliphatic heterocycles. The molecule has 3 aromatic carbocycles. The number of hydrogen-bond donors (Lipinski definition) is 4. The topological polar surface area (TPSA) is 152 Å². The maximum Gasteiger partial charge on any atom is 0.262 e. The Bertz CT molecular complexity index is 1760. The molecule has 6 rings (SSSR count). The van der Waals surface area contributed by atoms with E-state index in [1.807, 2.05) is 18.2 Å². The van der Waals surface area contributed by atoms with E-state index in [0.717, 1.165) is 42.1 Å². The number of phenols is 1. The van der Waals surface area contributed by atoms with E-state index in [1.165, 1.54) is 17.7 Å². The van der Waals surface area contributed by atoms with Gasteiger partial charge in [-0.15, -0.1) is 6.58 Å². The van der Waals surface area contributed by atoms with Gasteiger partial charge in [-0.05, 0) is 79.1 Å². The van der Waals surface area contributed by atoms with Gasteiger partial charge in [-0.25, -0.2) is 0 Å². The van der Waals surface area contributed by atoms with Crippen molar-refractivity contribution in [2.45, 2.75) is 37.6 Å². The van der Waals surface area contributed by atoms with Crippen LogP contribution in [0.4, 0.5) is 5.69 Å². The fourth-order valence-corrected chi connectivity index (χ4v) is 6.89. The van der Waals surface area contributed by atoms with Gasteiger partial charge in [-0.1, -0.05) is 42.5 Å². The van der Waals surface area contributed by atoms with Crippen LogP contribution in [0, 0.1) is 16.2 Å². The highest BCUT2D eigenvalue weighted by Crippen LogP contribution is 2.57. The number of carbonyl (C=O) groups excluding carboxylic acids is 3. The van der Waals surface area contributed by atoms with Crippen LogP contribution in [0.25, 0.3) is 5.57 Å². The molecule has 1 saturated carbocycles. The maximum atomic E-state index is 13.1. The quantitative estimate of drug-likeness (QED) is 0.0770. The minimum absolute atomic E-state index is 0.000442. The van der Waals surface area contributed by atoms with Crippen LogP contribution in [-0.2, 0) is 4.79 Å². The largest absolute Gasteiger partial charge is 0.507 e. The van der Waals surface area contributed by atoms with Gasteiger partial charge in [0.2, 0.25) is 0 Å². The summed E-state index contributed by atoms with van der Waals surface area (Å²) in [7, 11) is 0. The summed E-state index contributed by atoms with van der Waals surface area (Å²) < 4.78 is 0. The number of amides is 2. The third-order valence-corrected chi connectivity index (χ3v) is 9.30. The second kappa shape index (κ2) is 11.6. The Hall–Kier alpha value is -5.31. The number of imide groups is 1. The number of hydrogen-bond acceptors (Lipinski definition) is 7. The molecule has 2 amide bonds. The lowest BCUT2D eigenvalue weighted by Crippen LogP contribution is -2.61. The summed E-state index contributed by atoms with van der Waals surface area (Å²) >= 11 is 0. The van der Waals surface area contributed by atoms with Crippen LogP contribution < -0.4 is 10.6 Å². The molecule has 9 nitrogen and oxygen atoms in total. The molecule has 228 valence electrons. The molecule has 45 heavy (non-hydrogen) atoms. The highest BCUT2D eigenvalue weighted by atomic mass is 16.3. The number of aromatic hydroxyl groups is 1. The number of nitrogens with two attached hydrogens (primary N) is 1. The summed E-state index contributed by atoms with van der Waals surface area (Å²) in [6.45, 7) is 5.40. The number of phenolic OH excluding ortho intramolecular Hbond substituents is 1. The lowest BCUT2D eigenvalue weighted by Gasteiger charge is -2.60. The summed E-state index contributed by atoms with van der Waals surface area (Å²) in [6, 6.07) is 19.1. The number of fused-ring (bicyclic) bond motifs is 1. The van der Waals surface area contributed by atoms with E-state index in [9.17, 15) is 19.5 Å². The van der Waals surface area contributed by atoms with E-state index < -0.39 is 17.9 Å². The average molecular weight is 602 g/mol. The number of nitrogens with one attached hydrogen (secondary N) is 2. The Balaban J connectivity index is 1.08. The Morgan fingerprint density at radius 1 is 1.02 bits per heavy atom. The molecule has 1 aliphatic carbocycles. The van der Waals surface area contributed by atoms with Gasteiger partial charge in [-0.2, -0.15) is 0 Å². The first-order valence-corrected chi connectivity index (χ1v) is 15.0. The van der Waals surface area contributed by atoms with Gasteiger partial charge < -0.3 is 25.9 Å². The van der Waals surface area contributed by atoms with Crippen LogP contribution >= 0.6 is 0 Å². The van der Waals surface area contributed by atoms with E-state index in [1.54, 1.807) is 36.4 Å². The minimum Gasteiger partial charge on any atom is -0.507 e. The molecule has 1 spiro atoms. The maximum absolute atomic E-state index is 13.1. The van der Waals surface area contributed by atoms with E-state index >= 15 is 0 Å². The first-order valence-electron chi connectivity index (χ1n) is 15.0. The number of allylic oxidation sites excluding steroid dienone is 2. The average Bonchev–Trinajstić information content (AvgIpc) is 3.24. The molecule has 3 aromatic rings. The van der Waals surface area contributed by atoms with Crippen molar-refractivity contribution < 1.29 is 19.5 Å². The predicted octanol–water partition coefficient (Wildman–Crippen LogP) is 5.29. The molecule has 2 fully saturated rings. The zero-order chi connectivity index (χ0) is 31.9. The fourth-order valence-electron chi connectivity index (χ4n) is 6.89. The summed E-state index contributed by atoms with van der Waals surface area (Å²) in [4.78, 5) is 41.1. The highest BCUT2D eigenvalue weighted by Gasteiger charge is 2.53. The van der Waals surface area contributed by atoms with Crippen LogP contribution in [-0.4, -0.2) is 58.8 Å². The minimum atomic E-state index is -0.797. The predicted molar refractivity (Wildman–Crippen MR) is 174 cm³/mol. The molecule has 5 N–H and O–H groups in total. The Morgan fingerprint density at radius 3 is 2.36 bits per heavy atom. The van der Waals surface area contributed by atoms with Gasteiger partial charge in [0.05, 0.1) is 22.9 Å². The van der Waals surface area contributed by atoms with Crippen molar-refractivity contribution in [1.29, 1.82) is 10.8 Å². The summed E-state index contributed by atoms with van der Waals surface area (Å²) in [5, 5.41) is 26.6. The van der Waals surface area contributed by atoms with Crippen LogP contribution in [0.15, 0.2) is 85.5 Å². The van der Waals surface area contributed by atoms with Gasteiger partial charge in [0, 0.05) is 35.3 Å². The molecule has 1 atom stereocenters. The Morgan fingerprint density at radius 2 is 1.71 bits per heavy atom. The zero-order valence-electron chi connectivity index (χ0n) is 24.8. The zero-order valence-corrected chi connectivity index (χ0v) is 24.8.